The number of hydrogen-bond acceptors (Lipinski definition) is 4. The van der Waals surface area contributed by atoms with Gasteiger partial charge in [0.2, 0.25) is 5.84 Å². The van der Waals surface area contributed by atoms with Crippen LogP contribution in [0.15, 0.2) is 29.4 Å². The fourth-order valence-electron chi connectivity index (χ4n) is 2.32. The van der Waals surface area contributed by atoms with Gasteiger partial charge in [-0.1, -0.05) is 6.07 Å². The standard InChI is InChI=1S/C12H15N3O3/c16-8-7-15(9-11(17)18)6-5-14-12(15)10-3-1-2-4-13-10/h1-4,16H,5-9H2/p+1. The molecule has 1 aromatic rings. The third kappa shape index (κ3) is 2.39. The second-order valence-electron chi connectivity index (χ2n) is 4.29. The van der Waals surface area contributed by atoms with Crippen LogP contribution in [0, 0.1) is 0 Å². The summed E-state index contributed by atoms with van der Waals surface area (Å²) in [5.41, 5.74) is 0.685. The fraction of sp³-hybridized carbons (Fsp3) is 0.417. The quantitative estimate of drug-likeness (QED) is 0.705. The average molecular weight is 250 g/mol. The number of quaternary nitrogens is 1. The Morgan fingerprint density at radius 1 is 1.44 bits per heavy atom. The molecule has 1 aliphatic rings. The van der Waals surface area contributed by atoms with Crippen LogP contribution in [0.2, 0.25) is 0 Å². The number of amidine groups is 1. The summed E-state index contributed by atoms with van der Waals surface area (Å²) < 4.78 is 0.169. The normalized spacial score (nSPS) is 22.8. The monoisotopic (exact) mass is 250 g/mol. The zero-order valence-corrected chi connectivity index (χ0v) is 9.99. The number of rotatable bonds is 5. The first-order valence-corrected chi connectivity index (χ1v) is 5.83. The minimum absolute atomic E-state index is 0.0703. The van der Waals surface area contributed by atoms with Crippen molar-refractivity contribution in [2.75, 3.05) is 32.8 Å². The van der Waals surface area contributed by atoms with Gasteiger partial charge in [0, 0.05) is 6.20 Å². The minimum Gasteiger partial charge on any atom is -0.477 e. The summed E-state index contributed by atoms with van der Waals surface area (Å²) in [6, 6.07) is 5.46. The van der Waals surface area contributed by atoms with E-state index >= 15 is 0 Å². The number of hydrogen-bond donors (Lipinski definition) is 2. The molecule has 0 saturated carbocycles. The molecular formula is C12H16N3O3+. The SMILES string of the molecule is O=C(O)C[N+]1(CCO)CCN=C1c1ccccn1. The van der Waals surface area contributed by atoms with E-state index in [1.165, 1.54) is 0 Å². The van der Waals surface area contributed by atoms with Gasteiger partial charge >= 0.3 is 5.97 Å². The van der Waals surface area contributed by atoms with Crippen molar-refractivity contribution in [2.45, 2.75) is 0 Å². The van der Waals surface area contributed by atoms with E-state index in [4.69, 9.17) is 5.11 Å². The Hall–Kier alpha value is -1.79. The molecule has 0 saturated heterocycles. The molecule has 2 rings (SSSR count). The van der Waals surface area contributed by atoms with Crippen LogP contribution in [0.5, 0.6) is 0 Å². The third-order valence-corrected chi connectivity index (χ3v) is 3.10. The summed E-state index contributed by atoms with van der Waals surface area (Å²) in [5.74, 6) is -0.235. The highest BCUT2D eigenvalue weighted by Gasteiger charge is 2.41. The van der Waals surface area contributed by atoms with Gasteiger partial charge in [-0.25, -0.2) is 14.8 Å². The first-order chi connectivity index (χ1) is 8.68. The number of aliphatic hydroxyl groups excluding tert-OH is 1. The molecule has 0 fully saturated rings. The summed E-state index contributed by atoms with van der Waals surface area (Å²) in [5, 5.41) is 18.2. The van der Waals surface area contributed by atoms with Gasteiger partial charge in [0.05, 0.1) is 13.2 Å². The first-order valence-electron chi connectivity index (χ1n) is 5.83. The van der Waals surface area contributed by atoms with Gasteiger partial charge in [-0.05, 0) is 12.1 Å². The van der Waals surface area contributed by atoms with Crippen LogP contribution < -0.4 is 0 Å². The van der Waals surface area contributed by atoms with Crippen LogP contribution in [0.4, 0.5) is 0 Å². The minimum atomic E-state index is -0.894. The van der Waals surface area contributed by atoms with E-state index in [0.29, 0.717) is 31.2 Å². The number of aliphatic hydroxyl groups is 1. The van der Waals surface area contributed by atoms with E-state index in [1.807, 2.05) is 12.1 Å². The number of aliphatic imine (C=N–C) groups is 1. The molecule has 6 nitrogen and oxygen atoms in total. The van der Waals surface area contributed by atoms with Gasteiger partial charge in [-0.3, -0.25) is 4.48 Å². The topological polar surface area (TPSA) is 82.8 Å². The largest absolute Gasteiger partial charge is 0.477 e. The lowest BCUT2D eigenvalue weighted by Crippen LogP contribution is -2.55. The zero-order valence-electron chi connectivity index (χ0n) is 9.99. The molecule has 0 spiro atoms. The van der Waals surface area contributed by atoms with E-state index in [0.717, 1.165) is 0 Å². The molecule has 1 atom stereocenters. The highest BCUT2D eigenvalue weighted by atomic mass is 16.4. The lowest BCUT2D eigenvalue weighted by Gasteiger charge is -2.31. The molecule has 0 radical (unpaired) electrons. The van der Waals surface area contributed by atoms with Crippen molar-refractivity contribution in [1.82, 2.24) is 4.98 Å². The van der Waals surface area contributed by atoms with E-state index < -0.39 is 5.97 Å². The van der Waals surface area contributed by atoms with Crippen molar-refractivity contribution < 1.29 is 19.5 Å². The van der Waals surface area contributed by atoms with Gasteiger partial charge in [-0.2, -0.15) is 0 Å². The van der Waals surface area contributed by atoms with Crippen LogP contribution in [0.1, 0.15) is 5.69 Å². The molecule has 96 valence electrons. The predicted molar refractivity (Wildman–Crippen MR) is 65.2 cm³/mol. The highest BCUT2D eigenvalue weighted by Crippen LogP contribution is 2.19. The summed E-state index contributed by atoms with van der Waals surface area (Å²) in [7, 11) is 0. The Balaban J connectivity index is 2.35. The number of aromatic nitrogens is 1. The number of carboxylic acid groups (broad SMARTS) is 1. The molecule has 0 aromatic carbocycles. The maximum Gasteiger partial charge on any atom is 0.359 e. The molecule has 18 heavy (non-hydrogen) atoms. The van der Waals surface area contributed by atoms with E-state index in [9.17, 15) is 9.90 Å². The van der Waals surface area contributed by atoms with Gasteiger partial charge in [0.15, 0.2) is 6.54 Å². The van der Waals surface area contributed by atoms with Gasteiger partial charge < -0.3 is 10.2 Å². The Morgan fingerprint density at radius 2 is 2.28 bits per heavy atom. The van der Waals surface area contributed by atoms with Crippen LogP contribution >= 0.6 is 0 Å². The number of pyridine rings is 1. The molecule has 1 unspecified atom stereocenters. The lowest BCUT2D eigenvalue weighted by atomic mass is 10.2. The third-order valence-electron chi connectivity index (χ3n) is 3.10. The van der Waals surface area contributed by atoms with Crippen LogP contribution in [0.25, 0.3) is 0 Å². The maximum atomic E-state index is 11.0. The van der Waals surface area contributed by atoms with Crippen LogP contribution in [0.3, 0.4) is 0 Å². The molecule has 0 aliphatic carbocycles. The van der Waals surface area contributed by atoms with Gasteiger partial charge in [0.1, 0.15) is 18.8 Å². The molecule has 0 amide bonds. The van der Waals surface area contributed by atoms with Crippen LogP contribution in [-0.4, -0.2) is 64.3 Å². The number of carboxylic acids is 1. The number of aliphatic carboxylic acids is 1. The van der Waals surface area contributed by atoms with Crippen molar-refractivity contribution in [2.24, 2.45) is 4.99 Å². The zero-order chi connectivity index (χ0) is 13.0. The maximum absolute atomic E-state index is 11.0. The Morgan fingerprint density at radius 3 is 2.89 bits per heavy atom. The summed E-state index contributed by atoms with van der Waals surface area (Å²) in [6.07, 6.45) is 1.66. The van der Waals surface area contributed by atoms with Crippen molar-refractivity contribution in [3.05, 3.63) is 30.1 Å². The van der Waals surface area contributed by atoms with Crippen molar-refractivity contribution >= 4 is 11.8 Å². The Kier molecular flexibility index (Phi) is 3.69. The highest BCUT2D eigenvalue weighted by molar-refractivity contribution is 5.93. The molecule has 1 aliphatic heterocycles. The fourth-order valence-corrected chi connectivity index (χ4v) is 2.32. The van der Waals surface area contributed by atoms with Crippen molar-refractivity contribution in [3.63, 3.8) is 0 Å². The first kappa shape index (κ1) is 12.7. The Labute approximate surface area is 105 Å². The van der Waals surface area contributed by atoms with E-state index in [2.05, 4.69) is 9.98 Å². The van der Waals surface area contributed by atoms with Gasteiger partial charge in [-0.15, -0.1) is 0 Å². The predicted octanol–water partition coefficient (Wildman–Crippen LogP) is -0.264. The summed E-state index contributed by atoms with van der Waals surface area (Å²) >= 11 is 0. The second-order valence-corrected chi connectivity index (χ2v) is 4.29. The molecule has 1 aromatic heterocycles. The molecule has 0 bridgehead atoms. The van der Waals surface area contributed by atoms with E-state index in [-0.39, 0.29) is 17.6 Å². The van der Waals surface area contributed by atoms with Crippen LogP contribution in [-0.2, 0) is 4.79 Å². The molecular weight excluding hydrogens is 234 g/mol. The van der Waals surface area contributed by atoms with Crippen molar-refractivity contribution in [1.29, 1.82) is 0 Å². The second kappa shape index (κ2) is 5.24. The molecule has 2 N–H and O–H groups in total. The summed E-state index contributed by atoms with van der Waals surface area (Å²) in [4.78, 5) is 19.6. The van der Waals surface area contributed by atoms with Crippen molar-refractivity contribution in [3.8, 4) is 0 Å². The van der Waals surface area contributed by atoms with E-state index in [1.54, 1.807) is 12.3 Å². The summed E-state index contributed by atoms with van der Waals surface area (Å²) in [6.45, 7) is 1.37. The Bertz CT molecular complexity index is 461. The average Bonchev–Trinajstić information content (AvgIpc) is 2.73. The lowest BCUT2D eigenvalue weighted by molar-refractivity contribution is -0.827. The molecule has 6 heteroatoms. The number of nitrogens with zero attached hydrogens (tertiary/aromatic N) is 3. The smallest absolute Gasteiger partial charge is 0.359 e. The number of carbonyl (C=O) groups is 1. The molecule has 2 heterocycles. The van der Waals surface area contributed by atoms with Gasteiger partial charge in [0.25, 0.3) is 0 Å².